The first kappa shape index (κ1) is 21.2. The topological polar surface area (TPSA) is 44.8 Å². The Hall–Kier alpha value is -1.11. The second-order valence-electron chi connectivity index (χ2n) is 8.22. The maximum atomic E-state index is 12.1. The van der Waals surface area contributed by atoms with Gasteiger partial charge in [0.15, 0.2) is 0 Å². The van der Waals surface area contributed by atoms with Crippen molar-refractivity contribution in [1.29, 1.82) is 0 Å². The van der Waals surface area contributed by atoms with E-state index in [4.69, 9.17) is 14.0 Å². The Morgan fingerprint density at radius 1 is 1.04 bits per heavy atom. The van der Waals surface area contributed by atoms with Crippen LogP contribution in [0.4, 0.5) is 0 Å². The first-order chi connectivity index (χ1) is 12.1. The van der Waals surface area contributed by atoms with Gasteiger partial charge in [-0.15, -0.1) is 0 Å². The molecule has 26 heavy (non-hydrogen) atoms. The molecule has 0 amide bonds. The molecule has 0 radical (unpaired) electrons. The summed E-state index contributed by atoms with van der Waals surface area (Å²) in [5.41, 5.74) is 0.916. The third kappa shape index (κ3) is 3.51. The summed E-state index contributed by atoms with van der Waals surface area (Å²) in [4.78, 5) is 12.1. The molecule has 0 N–H and O–H groups in total. The van der Waals surface area contributed by atoms with Crippen molar-refractivity contribution < 1.29 is 18.8 Å². The summed E-state index contributed by atoms with van der Waals surface area (Å²) in [6, 6.07) is 9.24. The second-order valence-corrected chi connectivity index (χ2v) is 13.4. The zero-order valence-electron chi connectivity index (χ0n) is 17.6. The van der Waals surface area contributed by atoms with E-state index in [1.54, 1.807) is 0 Å². The number of esters is 1. The lowest BCUT2D eigenvalue weighted by Crippen LogP contribution is -2.58. The van der Waals surface area contributed by atoms with Gasteiger partial charge in [0, 0.05) is 0 Å². The van der Waals surface area contributed by atoms with E-state index in [0.29, 0.717) is 5.56 Å². The fourth-order valence-corrected chi connectivity index (χ4v) is 7.68. The SMILES string of the molecule is CC[Si](CC)(CC)c1cc(C(=O)OC)ccc1B1OC(C)(C)C(C)(C)O1. The van der Waals surface area contributed by atoms with Gasteiger partial charge in [0.2, 0.25) is 0 Å². The van der Waals surface area contributed by atoms with Crippen molar-refractivity contribution in [3.63, 3.8) is 0 Å². The van der Waals surface area contributed by atoms with E-state index in [1.165, 1.54) is 12.3 Å². The Kier molecular flexibility index (Phi) is 6.10. The van der Waals surface area contributed by atoms with Crippen LogP contribution < -0.4 is 10.6 Å². The van der Waals surface area contributed by atoms with Gasteiger partial charge in [0.05, 0.1) is 31.9 Å². The van der Waals surface area contributed by atoms with Crippen LogP contribution in [0.1, 0.15) is 58.8 Å². The molecule has 1 aromatic carbocycles. The molecule has 0 saturated carbocycles. The van der Waals surface area contributed by atoms with Crippen LogP contribution in [-0.4, -0.2) is 39.5 Å². The van der Waals surface area contributed by atoms with E-state index in [9.17, 15) is 4.79 Å². The monoisotopic (exact) mass is 376 g/mol. The van der Waals surface area contributed by atoms with Crippen LogP contribution in [0.5, 0.6) is 0 Å². The normalized spacial score (nSPS) is 18.8. The summed E-state index contributed by atoms with van der Waals surface area (Å²) in [6.07, 6.45) is 0. The van der Waals surface area contributed by atoms with Crippen molar-refractivity contribution >= 4 is 31.8 Å². The van der Waals surface area contributed by atoms with Crippen LogP contribution >= 0.6 is 0 Å². The highest BCUT2D eigenvalue weighted by Gasteiger charge is 2.53. The molecule has 4 nitrogen and oxygen atoms in total. The third-order valence-electron chi connectivity index (χ3n) is 6.58. The van der Waals surface area contributed by atoms with E-state index >= 15 is 0 Å². The predicted molar refractivity (Wildman–Crippen MR) is 110 cm³/mol. The molecule has 0 aromatic heterocycles. The number of carbonyl (C=O) groups excluding carboxylic acids is 1. The van der Waals surface area contributed by atoms with Gasteiger partial charge in [-0.1, -0.05) is 50.2 Å². The van der Waals surface area contributed by atoms with Crippen molar-refractivity contribution in [1.82, 2.24) is 0 Å². The lowest BCUT2D eigenvalue weighted by molar-refractivity contribution is 0.00578. The predicted octanol–water partition coefficient (Wildman–Crippen LogP) is 3.49. The largest absolute Gasteiger partial charge is 0.494 e. The summed E-state index contributed by atoms with van der Waals surface area (Å²) in [7, 11) is -0.736. The average molecular weight is 376 g/mol. The van der Waals surface area contributed by atoms with E-state index in [-0.39, 0.29) is 17.2 Å². The highest BCUT2D eigenvalue weighted by Crippen LogP contribution is 2.36. The van der Waals surface area contributed by atoms with Crippen LogP contribution in [0, 0.1) is 0 Å². The van der Waals surface area contributed by atoms with E-state index < -0.39 is 15.2 Å². The number of benzene rings is 1. The molecule has 0 bridgehead atoms. The number of hydrogen-bond donors (Lipinski definition) is 0. The summed E-state index contributed by atoms with van der Waals surface area (Å²) in [5.74, 6) is -0.294. The Morgan fingerprint density at radius 3 is 1.96 bits per heavy atom. The maximum Gasteiger partial charge on any atom is 0.494 e. The molecule has 1 fully saturated rings. The van der Waals surface area contributed by atoms with Gasteiger partial charge in [-0.05, 0) is 45.3 Å². The molecule has 2 rings (SSSR count). The fraction of sp³-hybridized carbons (Fsp3) is 0.650. The molecule has 0 atom stereocenters. The van der Waals surface area contributed by atoms with Crippen molar-refractivity contribution in [3.8, 4) is 0 Å². The van der Waals surface area contributed by atoms with Crippen molar-refractivity contribution in [2.45, 2.75) is 77.8 Å². The molecule has 1 aromatic rings. The Balaban J connectivity index is 2.61. The number of hydrogen-bond acceptors (Lipinski definition) is 4. The molecular formula is C20H33BO4Si. The highest BCUT2D eigenvalue weighted by atomic mass is 28.3. The quantitative estimate of drug-likeness (QED) is 0.563. The Labute approximate surface area is 159 Å². The zero-order valence-corrected chi connectivity index (χ0v) is 18.6. The minimum atomic E-state index is -1.76. The number of rotatable bonds is 6. The van der Waals surface area contributed by atoms with Gasteiger partial charge < -0.3 is 14.0 Å². The lowest BCUT2D eigenvalue weighted by Gasteiger charge is -2.32. The van der Waals surface area contributed by atoms with Crippen molar-refractivity contribution in [2.24, 2.45) is 0 Å². The van der Waals surface area contributed by atoms with Crippen LogP contribution in [0.3, 0.4) is 0 Å². The lowest BCUT2D eigenvalue weighted by atomic mass is 9.78. The van der Waals surface area contributed by atoms with Crippen molar-refractivity contribution in [3.05, 3.63) is 23.8 Å². The summed E-state index contributed by atoms with van der Waals surface area (Å²) >= 11 is 0. The molecule has 1 heterocycles. The van der Waals surface area contributed by atoms with Crippen LogP contribution in [0.25, 0.3) is 0 Å². The molecule has 1 aliphatic rings. The molecule has 0 spiro atoms. The standard InChI is InChI=1S/C20H33BO4Si/c1-9-26(10-2,11-3)17-14-15(18(22)23-8)12-13-16(17)21-24-19(4,5)20(6,7)25-21/h12-14H,9-11H2,1-8H3. The number of methoxy groups -OCH3 is 1. The molecular weight excluding hydrogens is 343 g/mol. The number of ether oxygens (including phenoxy) is 1. The van der Waals surface area contributed by atoms with Gasteiger partial charge in [0.25, 0.3) is 0 Å². The molecule has 0 aliphatic carbocycles. The van der Waals surface area contributed by atoms with E-state index in [2.05, 4.69) is 48.5 Å². The van der Waals surface area contributed by atoms with Gasteiger partial charge in [0.1, 0.15) is 0 Å². The molecule has 1 saturated heterocycles. The third-order valence-corrected chi connectivity index (χ3v) is 12.2. The van der Waals surface area contributed by atoms with Gasteiger partial charge in [-0.2, -0.15) is 0 Å². The highest BCUT2D eigenvalue weighted by molar-refractivity contribution is 6.95. The molecule has 1 aliphatic heterocycles. The number of carbonyl (C=O) groups is 1. The Morgan fingerprint density at radius 2 is 1.54 bits per heavy atom. The van der Waals surface area contributed by atoms with Crippen LogP contribution in [-0.2, 0) is 14.0 Å². The van der Waals surface area contributed by atoms with Crippen molar-refractivity contribution in [2.75, 3.05) is 7.11 Å². The molecule has 144 valence electrons. The first-order valence-corrected chi connectivity index (χ1v) is 12.3. The summed E-state index contributed by atoms with van der Waals surface area (Å²) in [5, 5.41) is 1.27. The molecule has 0 unspecified atom stereocenters. The van der Waals surface area contributed by atoms with Gasteiger partial charge >= 0.3 is 13.1 Å². The van der Waals surface area contributed by atoms with Gasteiger partial charge in [-0.25, -0.2) is 4.79 Å². The summed E-state index contributed by atoms with van der Waals surface area (Å²) in [6.45, 7) is 15.1. The fourth-order valence-electron chi connectivity index (χ4n) is 3.76. The van der Waals surface area contributed by atoms with Gasteiger partial charge in [-0.3, -0.25) is 0 Å². The second kappa shape index (κ2) is 7.49. The maximum absolute atomic E-state index is 12.1. The molecule has 6 heteroatoms. The average Bonchev–Trinajstić information content (AvgIpc) is 2.83. The summed E-state index contributed by atoms with van der Waals surface area (Å²) < 4.78 is 17.6. The first-order valence-electron chi connectivity index (χ1n) is 9.65. The smallest absolute Gasteiger partial charge is 0.465 e. The minimum Gasteiger partial charge on any atom is -0.465 e. The van der Waals surface area contributed by atoms with Crippen LogP contribution in [0.15, 0.2) is 18.2 Å². The Bertz CT molecular complexity index is 644. The van der Waals surface area contributed by atoms with E-state index in [1.807, 2.05) is 18.2 Å². The van der Waals surface area contributed by atoms with Crippen LogP contribution in [0.2, 0.25) is 18.1 Å². The zero-order chi connectivity index (χ0) is 19.8. The minimum absolute atomic E-state index is 0.294. The van der Waals surface area contributed by atoms with E-state index in [0.717, 1.165) is 23.6 Å².